The summed E-state index contributed by atoms with van der Waals surface area (Å²) in [5.74, 6) is 3.85. The van der Waals surface area contributed by atoms with Crippen LogP contribution in [0, 0.1) is 6.92 Å². The first-order valence-corrected chi connectivity index (χ1v) is 6.55. The number of furan rings is 1. The van der Waals surface area contributed by atoms with E-state index in [2.05, 4.69) is 15.3 Å². The van der Waals surface area contributed by atoms with E-state index in [-0.39, 0.29) is 0 Å². The van der Waals surface area contributed by atoms with Gasteiger partial charge in [0.25, 0.3) is 0 Å². The molecule has 0 saturated carbocycles. The SMILES string of the molecule is CCNc1ncnc(N(C)Cc2ccc(C)o2)c1OC. The summed E-state index contributed by atoms with van der Waals surface area (Å²) in [6.45, 7) is 5.33. The molecule has 0 unspecified atom stereocenters. The van der Waals surface area contributed by atoms with Gasteiger partial charge in [0.15, 0.2) is 11.6 Å². The quantitative estimate of drug-likeness (QED) is 0.874. The van der Waals surface area contributed by atoms with Gasteiger partial charge in [0.05, 0.1) is 13.7 Å². The molecule has 0 aliphatic carbocycles. The van der Waals surface area contributed by atoms with Crippen LogP contribution >= 0.6 is 0 Å². The third kappa shape index (κ3) is 3.01. The zero-order valence-corrected chi connectivity index (χ0v) is 12.3. The monoisotopic (exact) mass is 276 g/mol. The molecule has 0 saturated heterocycles. The summed E-state index contributed by atoms with van der Waals surface area (Å²) >= 11 is 0. The van der Waals surface area contributed by atoms with E-state index >= 15 is 0 Å². The Kier molecular flexibility index (Phi) is 4.45. The number of hydrogen-bond donors (Lipinski definition) is 1. The molecule has 2 heterocycles. The van der Waals surface area contributed by atoms with Crippen molar-refractivity contribution in [2.24, 2.45) is 0 Å². The maximum Gasteiger partial charge on any atom is 0.204 e. The van der Waals surface area contributed by atoms with Crippen LogP contribution in [0.1, 0.15) is 18.4 Å². The van der Waals surface area contributed by atoms with Gasteiger partial charge in [-0.15, -0.1) is 0 Å². The molecular formula is C14H20N4O2. The van der Waals surface area contributed by atoms with E-state index in [4.69, 9.17) is 9.15 Å². The molecule has 108 valence electrons. The largest absolute Gasteiger partial charge is 0.490 e. The number of ether oxygens (including phenoxy) is 1. The van der Waals surface area contributed by atoms with Crippen LogP contribution in [0.15, 0.2) is 22.9 Å². The van der Waals surface area contributed by atoms with Gasteiger partial charge < -0.3 is 19.4 Å². The summed E-state index contributed by atoms with van der Waals surface area (Å²) in [5, 5.41) is 3.16. The van der Waals surface area contributed by atoms with Gasteiger partial charge in [-0.2, -0.15) is 0 Å². The molecule has 0 amide bonds. The summed E-state index contributed by atoms with van der Waals surface area (Å²) < 4.78 is 11.0. The number of hydrogen-bond acceptors (Lipinski definition) is 6. The fraction of sp³-hybridized carbons (Fsp3) is 0.429. The highest BCUT2D eigenvalue weighted by Gasteiger charge is 2.16. The first-order chi connectivity index (χ1) is 9.65. The lowest BCUT2D eigenvalue weighted by Gasteiger charge is -2.20. The Morgan fingerprint density at radius 2 is 2.15 bits per heavy atom. The molecule has 0 atom stereocenters. The number of methoxy groups -OCH3 is 1. The van der Waals surface area contributed by atoms with Crippen molar-refractivity contribution in [2.45, 2.75) is 20.4 Å². The van der Waals surface area contributed by atoms with Crippen LogP contribution in [0.3, 0.4) is 0 Å². The number of aryl methyl sites for hydroxylation is 1. The fourth-order valence-electron chi connectivity index (χ4n) is 2.00. The molecule has 0 aliphatic heterocycles. The van der Waals surface area contributed by atoms with Gasteiger partial charge in [-0.3, -0.25) is 0 Å². The maximum atomic E-state index is 5.59. The van der Waals surface area contributed by atoms with Gasteiger partial charge in [-0.1, -0.05) is 0 Å². The second-order valence-corrected chi connectivity index (χ2v) is 4.48. The smallest absolute Gasteiger partial charge is 0.204 e. The minimum atomic E-state index is 0.618. The van der Waals surface area contributed by atoms with Crippen molar-refractivity contribution in [1.82, 2.24) is 9.97 Å². The molecule has 0 aliphatic rings. The molecule has 6 heteroatoms. The molecule has 1 N–H and O–H groups in total. The minimum absolute atomic E-state index is 0.618. The summed E-state index contributed by atoms with van der Waals surface area (Å²) in [7, 11) is 3.56. The number of nitrogens with zero attached hydrogens (tertiary/aromatic N) is 3. The topological polar surface area (TPSA) is 63.4 Å². The van der Waals surface area contributed by atoms with Crippen LogP contribution in [0.2, 0.25) is 0 Å². The third-order valence-corrected chi connectivity index (χ3v) is 2.88. The Hall–Kier alpha value is -2.24. The van der Waals surface area contributed by atoms with Crippen molar-refractivity contribution in [3.05, 3.63) is 30.0 Å². The van der Waals surface area contributed by atoms with Gasteiger partial charge >= 0.3 is 0 Å². The average molecular weight is 276 g/mol. The fourth-order valence-corrected chi connectivity index (χ4v) is 2.00. The molecule has 6 nitrogen and oxygen atoms in total. The van der Waals surface area contributed by atoms with E-state index in [0.717, 1.165) is 23.9 Å². The number of anilines is 2. The number of nitrogens with one attached hydrogen (secondary N) is 1. The van der Waals surface area contributed by atoms with Crippen LogP contribution in [0.25, 0.3) is 0 Å². The Morgan fingerprint density at radius 3 is 2.75 bits per heavy atom. The normalized spacial score (nSPS) is 10.4. The molecule has 2 aromatic rings. The van der Waals surface area contributed by atoms with Gasteiger partial charge in [-0.05, 0) is 26.0 Å². The molecule has 0 radical (unpaired) electrons. The Labute approximate surface area is 118 Å². The lowest BCUT2D eigenvalue weighted by Crippen LogP contribution is -2.19. The number of aromatic nitrogens is 2. The van der Waals surface area contributed by atoms with E-state index in [1.807, 2.05) is 37.9 Å². The second kappa shape index (κ2) is 6.27. The molecule has 2 aromatic heterocycles. The van der Waals surface area contributed by atoms with Crippen LogP contribution in [0.4, 0.5) is 11.6 Å². The third-order valence-electron chi connectivity index (χ3n) is 2.88. The molecular weight excluding hydrogens is 256 g/mol. The Balaban J connectivity index is 2.24. The highest BCUT2D eigenvalue weighted by Crippen LogP contribution is 2.31. The Bertz CT molecular complexity index is 568. The van der Waals surface area contributed by atoms with Crippen molar-refractivity contribution in [3.8, 4) is 5.75 Å². The molecule has 0 bridgehead atoms. The predicted molar refractivity (Wildman–Crippen MR) is 78.3 cm³/mol. The molecule has 2 rings (SSSR count). The van der Waals surface area contributed by atoms with Crippen molar-refractivity contribution >= 4 is 11.6 Å². The van der Waals surface area contributed by atoms with Crippen molar-refractivity contribution < 1.29 is 9.15 Å². The minimum Gasteiger partial charge on any atom is -0.490 e. The van der Waals surface area contributed by atoms with Gasteiger partial charge in [0.1, 0.15) is 17.8 Å². The van der Waals surface area contributed by atoms with E-state index in [1.165, 1.54) is 6.33 Å². The van der Waals surface area contributed by atoms with E-state index in [0.29, 0.717) is 18.1 Å². The standard InChI is InChI=1S/C14H20N4O2/c1-5-15-13-12(19-4)14(17-9-16-13)18(3)8-11-7-6-10(2)20-11/h6-7,9H,5,8H2,1-4H3,(H,15,16,17). The summed E-state index contributed by atoms with van der Waals surface area (Å²) in [6.07, 6.45) is 1.53. The highest BCUT2D eigenvalue weighted by atomic mass is 16.5. The van der Waals surface area contributed by atoms with Crippen LogP contribution in [0.5, 0.6) is 5.75 Å². The molecule has 20 heavy (non-hydrogen) atoms. The van der Waals surface area contributed by atoms with E-state index in [9.17, 15) is 0 Å². The molecule has 0 aromatic carbocycles. The van der Waals surface area contributed by atoms with Crippen molar-refractivity contribution in [3.63, 3.8) is 0 Å². The van der Waals surface area contributed by atoms with Gasteiger partial charge in [-0.25, -0.2) is 9.97 Å². The predicted octanol–water partition coefficient (Wildman–Crippen LogP) is 2.45. The van der Waals surface area contributed by atoms with Crippen molar-refractivity contribution in [1.29, 1.82) is 0 Å². The highest BCUT2D eigenvalue weighted by molar-refractivity contribution is 5.64. The van der Waals surface area contributed by atoms with Crippen molar-refractivity contribution in [2.75, 3.05) is 30.9 Å². The first kappa shape index (κ1) is 14.2. The Morgan fingerprint density at radius 1 is 1.35 bits per heavy atom. The van der Waals surface area contributed by atoms with E-state index in [1.54, 1.807) is 7.11 Å². The van der Waals surface area contributed by atoms with Crippen LogP contribution < -0.4 is 15.0 Å². The van der Waals surface area contributed by atoms with E-state index < -0.39 is 0 Å². The molecule has 0 spiro atoms. The molecule has 0 fully saturated rings. The van der Waals surface area contributed by atoms with Crippen LogP contribution in [-0.2, 0) is 6.54 Å². The summed E-state index contributed by atoms with van der Waals surface area (Å²) in [5.41, 5.74) is 0. The van der Waals surface area contributed by atoms with Gasteiger partial charge in [0, 0.05) is 13.6 Å². The average Bonchev–Trinajstić information content (AvgIpc) is 2.84. The second-order valence-electron chi connectivity index (χ2n) is 4.48. The lowest BCUT2D eigenvalue weighted by molar-refractivity contribution is 0.411. The maximum absolute atomic E-state index is 5.59. The summed E-state index contributed by atoms with van der Waals surface area (Å²) in [4.78, 5) is 10.5. The zero-order valence-electron chi connectivity index (χ0n) is 12.3. The zero-order chi connectivity index (χ0) is 14.5. The number of rotatable bonds is 6. The summed E-state index contributed by atoms with van der Waals surface area (Å²) in [6, 6.07) is 3.91. The van der Waals surface area contributed by atoms with Crippen LogP contribution in [-0.4, -0.2) is 30.7 Å². The lowest BCUT2D eigenvalue weighted by atomic mass is 10.3. The van der Waals surface area contributed by atoms with Gasteiger partial charge in [0.2, 0.25) is 5.75 Å². The first-order valence-electron chi connectivity index (χ1n) is 6.55.